The zero-order valence-electron chi connectivity index (χ0n) is 12.7. The number of hydrogen-bond donors (Lipinski definition) is 2. The fourth-order valence-electron chi connectivity index (χ4n) is 2.74. The first-order valence-corrected chi connectivity index (χ1v) is 7.44. The summed E-state index contributed by atoms with van der Waals surface area (Å²) in [6.07, 6.45) is 2.22. The van der Waals surface area contributed by atoms with Gasteiger partial charge in [0.05, 0.1) is 5.56 Å². The highest BCUT2D eigenvalue weighted by molar-refractivity contribution is 6.00. The van der Waals surface area contributed by atoms with Crippen molar-refractivity contribution >= 4 is 11.6 Å². The Kier molecular flexibility index (Phi) is 5.01. The van der Waals surface area contributed by atoms with Crippen molar-refractivity contribution in [2.45, 2.75) is 32.7 Å². The highest BCUT2D eigenvalue weighted by atomic mass is 16.1. The number of carbonyl (C=O) groups is 1. The minimum atomic E-state index is 0.0324. The second-order valence-electron chi connectivity index (χ2n) is 5.65. The summed E-state index contributed by atoms with van der Waals surface area (Å²) in [5.41, 5.74) is 2.78. The van der Waals surface area contributed by atoms with Crippen LogP contribution < -0.4 is 10.6 Å². The fourth-order valence-corrected chi connectivity index (χ4v) is 2.74. The van der Waals surface area contributed by atoms with Gasteiger partial charge in [0.2, 0.25) is 0 Å². The van der Waals surface area contributed by atoms with Gasteiger partial charge >= 0.3 is 0 Å². The first kappa shape index (κ1) is 14.9. The number of nitrogens with zero attached hydrogens (tertiary/aromatic N) is 1. The minimum absolute atomic E-state index is 0.0324. The molecule has 1 aromatic carbocycles. The van der Waals surface area contributed by atoms with Crippen molar-refractivity contribution in [3.63, 3.8) is 0 Å². The maximum Gasteiger partial charge on any atom is 0.253 e. The average molecular weight is 275 g/mol. The van der Waals surface area contributed by atoms with E-state index in [-0.39, 0.29) is 11.9 Å². The van der Waals surface area contributed by atoms with Crippen molar-refractivity contribution in [1.82, 2.24) is 10.2 Å². The molecule has 0 radical (unpaired) electrons. The fraction of sp³-hybridized carbons (Fsp3) is 0.562. The Hall–Kier alpha value is -1.55. The number of aryl methyl sites for hydroxylation is 1. The molecule has 1 saturated heterocycles. The lowest BCUT2D eigenvalue weighted by molar-refractivity contribution is 0.0913. The number of rotatable bonds is 4. The molecule has 1 aliphatic rings. The van der Waals surface area contributed by atoms with Crippen LogP contribution in [0.5, 0.6) is 0 Å². The number of anilines is 1. The number of benzene rings is 1. The van der Waals surface area contributed by atoms with E-state index in [9.17, 15) is 4.79 Å². The van der Waals surface area contributed by atoms with E-state index in [0.717, 1.165) is 49.3 Å². The van der Waals surface area contributed by atoms with Gasteiger partial charge in [-0.1, -0.05) is 11.6 Å². The number of carbonyl (C=O) groups excluding carboxylic acids is 1. The summed E-state index contributed by atoms with van der Waals surface area (Å²) in [7, 11) is 2.11. The lowest BCUT2D eigenvalue weighted by Gasteiger charge is -2.30. The van der Waals surface area contributed by atoms with Crippen LogP contribution in [0.4, 0.5) is 5.69 Å². The predicted molar refractivity (Wildman–Crippen MR) is 83.3 cm³/mol. The van der Waals surface area contributed by atoms with Gasteiger partial charge in [-0.2, -0.15) is 0 Å². The number of piperidine rings is 1. The predicted octanol–water partition coefficient (Wildman–Crippen LogP) is 2.25. The third-order valence-electron chi connectivity index (χ3n) is 3.75. The Morgan fingerprint density at radius 2 is 2.25 bits per heavy atom. The number of amides is 1. The Morgan fingerprint density at radius 1 is 1.45 bits per heavy atom. The molecule has 1 atom stereocenters. The Morgan fingerprint density at radius 3 is 2.95 bits per heavy atom. The van der Waals surface area contributed by atoms with Crippen molar-refractivity contribution in [2.24, 2.45) is 0 Å². The zero-order valence-corrected chi connectivity index (χ0v) is 12.7. The Bertz CT molecular complexity index is 473. The molecule has 1 aromatic rings. The summed E-state index contributed by atoms with van der Waals surface area (Å²) in [5, 5.41) is 6.43. The smallest absolute Gasteiger partial charge is 0.253 e. The van der Waals surface area contributed by atoms with Crippen LogP contribution in [-0.4, -0.2) is 43.5 Å². The molecule has 2 N–H and O–H groups in total. The van der Waals surface area contributed by atoms with Crippen LogP contribution >= 0.6 is 0 Å². The van der Waals surface area contributed by atoms with E-state index in [2.05, 4.69) is 22.6 Å². The monoisotopic (exact) mass is 275 g/mol. The Labute approximate surface area is 121 Å². The highest BCUT2D eigenvalue weighted by Crippen LogP contribution is 2.18. The van der Waals surface area contributed by atoms with Gasteiger partial charge in [-0.25, -0.2) is 0 Å². The van der Waals surface area contributed by atoms with Gasteiger partial charge in [0, 0.05) is 24.8 Å². The summed E-state index contributed by atoms with van der Waals surface area (Å²) in [4.78, 5) is 14.8. The maximum atomic E-state index is 12.5. The van der Waals surface area contributed by atoms with E-state index in [1.54, 1.807) is 0 Å². The summed E-state index contributed by atoms with van der Waals surface area (Å²) in [6.45, 7) is 6.93. The second-order valence-corrected chi connectivity index (χ2v) is 5.65. The number of likely N-dealkylation sites (tertiary alicyclic amines) is 1. The van der Waals surface area contributed by atoms with Crippen LogP contribution in [0.25, 0.3) is 0 Å². The topological polar surface area (TPSA) is 44.4 Å². The second kappa shape index (κ2) is 6.75. The average Bonchev–Trinajstić information content (AvgIpc) is 2.41. The molecule has 0 spiro atoms. The highest BCUT2D eigenvalue weighted by Gasteiger charge is 2.20. The molecule has 1 heterocycles. The van der Waals surface area contributed by atoms with E-state index in [1.807, 2.05) is 32.0 Å². The van der Waals surface area contributed by atoms with Crippen LogP contribution in [0.1, 0.15) is 35.7 Å². The first-order valence-electron chi connectivity index (χ1n) is 7.44. The van der Waals surface area contributed by atoms with Gasteiger partial charge in [0.15, 0.2) is 0 Å². The standard InChI is InChI=1S/C16H25N3O/c1-4-17-15-8-7-12(2)10-14(15)16(20)18-13-6-5-9-19(3)11-13/h7-8,10,13,17H,4-6,9,11H2,1-3H3,(H,18,20). The zero-order chi connectivity index (χ0) is 14.5. The molecule has 0 saturated carbocycles. The normalized spacial score (nSPS) is 19.6. The molecule has 110 valence electrons. The third-order valence-corrected chi connectivity index (χ3v) is 3.75. The van der Waals surface area contributed by atoms with Crippen LogP contribution in [0.3, 0.4) is 0 Å². The maximum absolute atomic E-state index is 12.5. The molecule has 4 nitrogen and oxygen atoms in total. The van der Waals surface area contributed by atoms with Crippen molar-refractivity contribution in [2.75, 3.05) is 32.0 Å². The number of likely N-dealkylation sites (N-methyl/N-ethyl adjacent to an activating group) is 1. The van der Waals surface area contributed by atoms with Crippen molar-refractivity contribution in [3.8, 4) is 0 Å². The summed E-state index contributed by atoms with van der Waals surface area (Å²) < 4.78 is 0. The van der Waals surface area contributed by atoms with Crippen molar-refractivity contribution in [3.05, 3.63) is 29.3 Å². The van der Waals surface area contributed by atoms with E-state index < -0.39 is 0 Å². The molecular weight excluding hydrogens is 250 g/mol. The number of nitrogens with one attached hydrogen (secondary N) is 2. The lowest BCUT2D eigenvalue weighted by atomic mass is 10.0. The van der Waals surface area contributed by atoms with Gasteiger partial charge in [-0.3, -0.25) is 4.79 Å². The van der Waals surface area contributed by atoms with Crippen molar-refractivity contribution in [1.29, 1.82) is 0 Å². The number of hydrogen-bond acceptors (Lipinski definition) is 3. The molecule has 1 unspecified atom stereocenters. The van der Waals surface area contributed by atoms with Crippen LogP contribution in [0, 0.1) is 6.92 Å². The summed E-state index contributed by atoms with van der Waals surface area (Å²) >= 11 is 0. The molecule has 1 fully saturated rings. The van der Waals surface area contributed by atoms with E-state index in [0.29, 0.717) is 0 Å². The van der Waals surface area contributed by atoms with Crippen LogP contribution in [-0.2, 0) is 0 Å². The first-order chi connectivity index (χ1) is 9.60. The van der Waals surface area contributed by atoms with E-state index in [1.165, 1.54) is 0 Å². The Balaban J connectivity index is 2.09. The SMILES string of the molecule is CCNc1ccc(C)cc1C(=O)NC1CCCN(C)C1. The summed E-state index contributed by atoms with van der Waals surface area (Å²) in [6, 6.07) is 6.24. The molecular formula is C16H25N3O. The molecule has 0 aliphatic carbocycles. The van der Waals surface area contributed by atoms with Gasteiger partial charge < -0.3 is 15.5 Å². The van der Waals surface area contributed by atoms with Crippen molar-refractivity contribution < 1.29 is 4.79 Å². The molecule has 2 rings (SSSR count). The van der Waals surface area contributed by atoms with E-state index >= 15 is 0 Å². The molecule has 4 heteroatoms. The molecule has 0 bridgehead atoms. The van der Waals surface area contributed by atoms with Gasteiger partial charge in [-0.05, 0) is 52.4 Å². The lowest BCUT2D eigenvalue weighted by Crippen LogP contribution is -2.46. The molecule has 1 aliphatic heterocycles. The van der Waals surface area contributed by atoms with Gasteiger partial charge in [-0.15, -0.1) is 0 Å². The third kappa shape index (κ3) is 3.73. The van der Waals surface area contributed by atoms with E-state index in [4.69, 9.17) is 0 Å². The van der Waals surface area contributed by atoms with Gasteiger partial charge in [0.25, 0.3) is 5.91 Å². The molecule has 0 aromatic heterocycles. The molecule has 1 amide bonds. The quantitative estimate of drug-likeness (QED) is 0.886. The van der Waals surface area contributed by atoms with Crippen LogP contribution in [0.15, 0.2) is 18.2 Å². The molecule has 20 heavy (non-hydrogen) atoms. The largest absolute Gasteiger partial charge is 0.385 e. The van der Waals surface area contributed by atoms with Gasteiger partial charge in [0.1, 0.15) is 0 Å². The minimum Gasteiger partial charge on any atom is -0.385 e. The summed E-state index contributed by atoms with van der Waals surface area (Å²) in [5.74, 6) is 0.0324. The van der Waals surface area contributed by atoms with Crippen LogP contribution in [0.2, 0.25) is 0 Å².